The summed E-state index contributed by atoms with van der Waals surface area (Å²) >= 11 is 0. The van der Waals surface area contributed by atoms with Crippen molar-refractivity contribution in [2.75, 3.05) is 0 Å². The Labute approximate surface area is 193 Å². The van der Waals surface area contributed by atoms with Gasteiger partial charge in [0.15, 0.2) is 0 Å². The lowest BCUT2D eigenvalue weighted by Crippen LogP contribution is -2.56. The minimum Gasteiger partial charge on any atom is -0.393 e. The van der Waals surface area contributed by atoms with Crippen molar-refractivity contribution in [1.82, 2.24) is 0 Å². The predicted molar refractivity (Wildman–Crippen MR) is 130 cm³/mol. The van der Waals surface area contributed by atoms with Gasteiger partial charge in [0.25, 0.3) is 0 Å². The number of aliphatic hydroxyl groups is 2. The highest BCUT2D eigenvalue weighted by Gasteiger charge is 2.61. The monoisotopic (exact) mass is 432 g/mol. The van der Waals surface area contributed by atoms with Crippen molar-refractivity contribution in [1.29, 1.82) is 0 Å². The molecule has 0 aromatic heterocycles. The SMILES string of the molecule is CC[C@]1(O)CC[C@@]2(C)[C@@H](CC[C@@H]3[C@@H]2CC[C@]2(C)[C@@H]([C@H](C)[C@H](O)CCC(C)C)CC[C@@H]32)C1. The summed E-state index contributed by atoms with van der Waals surface area (Å²) in [4.78, 5) is 0. The van der Waals surface area contributed by atoms with Crippen LogP contribution in [0.25, 0.3) is 0 Å². The van der Waals surface area contributed by atoms with Gasteiger partial charge in [-0.05, 0) is 129 Å². The molecule has 0 radical (unpaired) electrons. The summed E-state index contributed by atoms with van der Waals surface area (Å²) in [7, 11) is 0. The molecule has 0 spiro atoms. The van der Waals surface area contributed by atoms with Crippen molar-refractivity contribution in [2.24, 2.45) is 52.3 Å². The summed E-state index contributed by atoms with van der Waals surface area (Å²) in [5.74, 6) is 5.16. The van der Waals surface area contributed by atoms with Crippen molar-refractivity contribution in [3.63, 3.8) is 0 Å². The number of aliphatic hydroxyl groups excluding tert-OH is 1. The van der Waals surface area contributed by atoms with Crippen LogP contribution in [0.2, 0.25) is 0 Å². The van der Waals surface area contributed by atoms with Crippen LogP contribution < -0.4 is 0 Å². The maximum Gasteiger partial charge on any atom is 0.0648 e. The summed E-state index contributed by atoms with van der Waals surface area (Å²) in [6.45, 7) is 14.3. The lowest BCUT2D eigenvalue weighted by atomic mass is 9.43. The van der Waals surface area contributed by atoms with Gasteiger partial charge in [-0.2, -0.15) is 0 Å². The van der Waals surface area contributed by atoms with Gasteiger partial charge >= 0.3 is 0 Å². The lowest BCUT2D eigenvalue weighted by Gasteiger charge is -2.62. The van der Waals surface area contributed by atoms with Gasteiger partial charge in [0, 0.05) is 0 Å². The Hall–Kier alpha value is -0.0800. The fourth-order valence-corrected chi connectivity index (χ4v) is 9.58. The number of rotatable bonds is 6. The number of hydrogen-bond donors (Lipinski definition) is 2. The second-order valence-electron chi connectivity index (χ2n) is 13.6. The van der Waals surface area contributed by atoms with Gasteiger partial charge in [0.1, 0.15) is 0 Å². The molecule has 0 heterocycles. The third kappa shape index (κ3) is 4.05. The van der Waals surface area contributed by atoms with E-state index in [-0.39, 0.29) is 11.7 Å². The van der Waals surface area contributed by atoms with Gasteiger partial charge < -0.3 is 10.2 Å². The van der Waals surface area contributed by atoms with Gasteiger partial charge in [0.05, 0.1) is 11.7 Å². The van der Waals surface area contributed by atoms with Crippen molar-refractivity contribution in [2.45, 2.75) is 130 Å². The van der Waals surface area contributed by atoms with Crippen LogP contribution in [0, 0.1) is 52.3 Å². The number of hydrogen-bond acceptors (Lipinski definition) is 2. The molecule has 0 amide bonds. The Balaban J connectivity index is 1.48. The Bertz CT molecular complexity index is 630. The van der Waals surface area contributed by atoms with E-state index in [1.165, 1.54) is 44.9 Å². The molecule has 31 heavy (non-hydrogen) atoms. The third-order valence-electron chi connectivity index (χ3n) is 11.8. The molecule has 10 atom stereocenters. The Kier molecular flexibility index (Phi) is 6.68. The molecule has 0 aromatic carbocycles. The first-order chi connectivity index (χ1) is 14.5. The first-order valence-corrected chi connectivity index (χ1v) is 13.9. The van der Waals surface area contributed by atoms with Crippen LogP contribution in [0.5, 0.6) is 0 Å². The summed E-state index contributed by atoms with van der Waals surface area (Å²) in [6, 6.07) is 0. The molecule has 0 saturated heterocycles. The largest absolute Gasteiger partial charge is 0.393 e. The average Bonchev–Trinajstić information content (AvgIpc) is 3.09. The van der Waals surface area contributed by atoms with Crippen LogP contribution in [0.1, 0.15) is 119 Å². The first kappa shape index (κ1) is 24.1. The second-order valence-corrected chi connectivity index (χ2v) is 13.6. The highest BCUT2D eigenvalue weighted by atomic mass is 16.3. The van der Waals surface area contributed by atoms with E-state index in [9.17, 15) is 10.2 Å². The van der Waals surface area contributed by atoms with Gasteiger partial charge in [-0.25, -0.2) is 0 Å². The van der Waals surface area contributed by atoms with Crippen LogP contribution in [0.15, 0.2) is 0 Å². The molecular weight excluding hydrogens is 380 g/mol. The minimum absolute atomic E-state index is 0.126. The van der Waals surface area contributed by atoms with E-state index in [2.05, 4.69) is 41.5 Å². The highest BCUT2D eigenvalue weighted by molar-refractivity contribution is 5.11. The Morgan fingerprint density at radius 1 is 0.839 bits per heavy atom. The van der Waals surface area contributed by atoms with Gasteiger partial charge in [-0.15, -0.1) is 0 Å². The topological polar surface area (TPSA) is 40.5 Å². The summed E-state index contributed by atoms with van der Waals surface area (Å²) in [5, 5.41) is 22.0. The molecule has 4 aliphatic carbocycles. The van der Waals surface area contributed by atoms with Crippen LogP contribution in [0.4, 0.5) is 0 Å². The molecule has 2 N–H and O–H groups in total. The van der Waals surface area contributed by atoms with Crippen LogP contribution in [-0.2, 0) is 0 Å². The molecule has 2 heteroatoms. The maximum atomic E-state index is 11.0. The van der Waals surface area contributed by atoms with Crippen LogP contribution in [-0.4, -0.2) is 21.9 Å². The lowest BCUT2D eigenvalue weighted by molar-refractivity contribution is -0.154. The zero-order chi connectivity index (χ0) is 22.6. The zero-order valence-corrected chi connectivity index (χ0v) is 21.5. The molecular formula is C29H52O2. The second kappa shape index (κ2) is 8.61. The van der Waals surface area contributed by atoms with E-state index in [0.717, 1.165) is 55.8 Å². The normalized spacial score (nSPS) is 49.3. The Morgan fingerprint density at radius 2 is 1.55 bits per heavy atom. The standard InChI is InChI=1S/C29H52O2/c1-7-29(31)17-16-27(5)21(18-29)9-10-22-24-12-11-23(28(24,6)15-14-25(22)27)20(4)26(30)13-8-19(2)3/h19-26,30-31H,7-18H2,1-6H3/t20-,21-,22-,23+,24-,25-,26+,27-,28+,29-/m0/s1. The zero-order valence-electron chi connectivity index (χ0n) is 21.5. The summed E-state index contributed by atoms with van der Waals surface area (Å²) in [5.41, 5.74) is 0.494. The molecule has 4 aliphatic rings. The molecule has 0 unspecified atom stereocenters. The van der Waals surface area contributed by atoms with E-state index in [1.54, 1.807) is 0 Å². The van der Waals surface area contributed by atoms with E-state index in [0.29, 0.717) is 28.6 Å². The summed E-state index contributed by atoms with van der Waals surface area (Å²) < 4.78 is 0. The smallest absolute Gasteiger partial charge is 0.0648 e. The highest BCUT2D eigenvalue weighted by Crippen LogP contribution is 2.69. The molecule has 4 fully saturated rings. The molecule has 4 saturated carbocycles. The fraction of sp³-hybridized carbons (Fsp3) is 1.00. The Morgan fingerprint density at radius 3 is 2.23 bits per heavy atom. The van der Waals surface area contributed by atoms with Crippen molar-refractivity contribution >= 4 is 0 Å². The number of fused-ring (bicyclic) bond motifs is 5. The van der Waals surface area contributed by atoms with Crippen molar-refractivity contribution in [3.8, 4) is 0 Å². The fourth-order valence-electron chi connectivity index (χ4n) is 9.58. The quantitative estimate of drug-likeness (QED) is 0.465. The van der Waals surface area contributed by atoms with Crippen LogP contribution >= 0.6 is 0 Å². The average molecular weight is 433 g/mol. The van der Waals surface area contributed by atoms with Gasteiger partial charge in [-0.3, -0.25) is 0 Å². The minimum atomic E-state index is -0.389. The van der Waals surface area contributed by atoms with Crippen molar-refractivity contribution < 1.29 is 10.2 Å². The van der Waals surface area contributed by atoms with Gasteiger partial charge in [0.2, 0.25) is 0 Å². The summed E-state index contributed by atoms with van der Waals surface area (Å²) in [6.07, 6.45) is 14.4. The first-order valence-electron chi connectivity index (χ1n) is 13.9. The van der Waals surface area contributed by atoms with Gasteiger partial charge in [-0.1, -0.05) is 41.5 Å². The molecule has 0 aliphatic heterocycles. The molecule has 180 valence electrons. The maximum absolute atomic E-state index is 11.0. The van der Waals surface area contributed by atoms with E-state index in [1.807, 2.05) is 0 Å². The van der Waals surface area contributed by atoms with E-state index in [4.69, 9.17) is 0 Å². The third-order valence-corrected chi connectivity index (χ3v) is 11.8. The molecule has 0 bridgehead atoms. The molecule has 0 aromatic rings. The predicted octanol–water partition coefficient (Wildman–Crippen LogP) is 7.22. The molecule has 2 nitrogen and oxygen atoms in total. The van der Waals surface area contributed by atoms with Crippen LogP contribution in [0.3, 0.4) is 0 Å². The van der Waals surface area contributed by atoms with E-state index >= 15 is 0 Å². The van der Waals surface area contributed by atoms with Crippen molar-refractivity contribution in [3.05, 3.63) is 0 Å². The molecule has 4 rings (SSSR count). The van der Waals surface area contributed by atoms with E-state index < -0.39 is 0 Å².